The number of ether oxygens (including phenoxy) is 1. The minimum atomic E-state index is 0.622. The van der Waals surface area contributed by atoms with Gasteiger partial charge in [-0.1, -0.05) is 0 Å². The molecule has 0 amide bonds. The van der Waals surface area contributed by atoms with Gasteiger partial charge in [-0.05, 0) is 47.9 Å². The molecule has 2 aromatic rings. The number of benzene rings is 1. The van der Waals surface area contributed by atoms with E-state index in [1.165, 1.54) is 11.1 Å². The van der Waals surface area contributed by atoms with Gasteiger partial charge < -0.3 is 15.8 Å². The molecule has 3 nitrogen and oxygen atoms in total. The Morgan fingerprint density at radius 1 is 1.33 bits per heavy atom. The highest BCUT2D eigenvalue weighted by Crippen LogP contribution is 2.26. The van der Waals surface area contributed by atoms with Crippen LogP contribution in [0.15, 0.2) is 29.0 Å². The number of thiophene rings is 1. The summed E-state index contributed by atoms with van der Waals surface area (Å²) in [6.07, 6.45) is 0. The van der Waals surface area contributed by atoms with Crippen molar-refractivity contribution in [3.8, 4) is 5.75 Å². The highest BCUT2D eigenvalue weighted by Gasteiger charge is 2.03. The van der Waals surface area contributed by atoms with Gasteiger partial charge in [0.1, 0.15) is 5.75 Å². The first kappa shape index (κ1) is 12.8. The van der Waals surface area contributed by atoms with Gasteiger partial charge in [0, 0.05) is 18.3 Å². The average molecular weight is 262 g/mol. The van der Waals surface area contributed by atoms with Gasteiger partial charge in [0.25, 0.3) is 0 Å². The number of nitrogens with two attached hydrogens (primary N) is 1. The molecule has 1 heterocycles. The quantitative estimate of drug-likeness (QED) is 0.809. The number of anilines is 2. The van der Waals surface area contributed by atoms with Crippen molar-refractivity contribution in [1.82, 2.24) is 0 Å². The van der Waals surface area contributed by atoms with Crippen molar-refractivity contribution in [1.29, 1.82) is 0 Å². The summed E-state index contributed by atoms with van der Waals surface area (Å²) in [6.45, 7) is 5.53. The van der Waals surface area contributed by atoms with Crippen LogP contribution in [0, 0.1) is 6.92 Å². The van der Waals surface area contributed by atoms with Crippen molar-refractivity contribution in [2.24, 2.45) is 0 Å². The van der Waals surface area contributed by atoms with Crippen LogP contribution in [0.25, 0.3) is 0 Å². The molecule has 3 N–H and O–H groups in total. The second-order valence-electron chi connectivity index (χ2n) is 4.12. The second kappa shape index (κ2) is 5.78. The smallest absolute Gasteiger partial charge is 0.144 e. The van der Waals surface area contributed by atoms with E-state index < -0.39 is 0 Å². The predicted molar refractivity (Wildman–Crippen MR) is 78.4 cm³/mol. The van der Waals surface area contributed by atoms with E-state index in [2.05, 4.69) is 23.0 Å². The first-order chi connectivity index (χ1) is 8.70. The molecule has 96 valence electrons. The van der Waals surface area contributed by atoms with Crippen LogP contribution in [-0.2, 0) is 6.54 Å². The first-order valence-corrected chi connectivity index (χ1v) is 6.93. The van der Waals surface area contributed by atoms with E-state index in [0.717, 1.165) is 18.0 Å². The van der Waals surface area contributed by atoms with Crippen LogP contribution in [0.1, 0.15) is 18.1 Å². The van der Waals surface area contributed by atoms with E-state index >= 15 is 0 Å². The Morgan fingerprint density at radius 2 is 2.17 bits per heavy atom. The molecule has 4 heteroatoms. The van der Waals surface area contributed by atoms with Crippen LogP contribution in [-0.4, -0.2) is 6.61 Å². The summed E-state index contributed by atoms with van der Waals surface area (Å²) in [7, 11) is 0. The molecule has 18 heavy (non-hydrogen) atoms. The van der Waals surface area contributed by atoms with Crippen LogP contribution < -0.4 is 15.8 Å². The summed E-state index contributed by atoms with van der Waals surface area (Å²) in [4.78, 5) is 0. The highest BCUT2D eigenvalue weighted by molar-refractivity contribution is 7.08. The molecule has 1 aromatic heterocycles. The summed E-state index contributed by atoms with van der Waals surface area (Å²) in [5, 5.41) is 7.71. The lowest BCUT2D eigenvalue weighted by atomic mass is 10.2. The van der Waals surface area contributed by atoms with Crippen molar-refractivity contribution >= 4 is 22.7 Å². The predicted octanol–water partition coefficient (Wildman–Crippen LogP) is 3.65. The maximum atomic E-state index is 5.84. The third kappa shape index (κ3) is 2.96. The van der Waals surface area contributed by atoms with Crippen LogP contribution in [0.2, 0.25) is 0 Å². The monoisotopic (exact) mass is 262 g/mol. The Balaban J connectivity index is 2.05. The minimum Gasteiger partial charge on any atom is -0.492 e. The summed E-state index contributed by atoms with van der Waals surface area (Å²) >= 11 is 1.73. The fraction of sp³-hybridized carbons (Fsp3) is 0.286. The summed E-state index contributed by atoms with van der Waals surface area (Å²) in [6, 6.07) is 5.79. The van der Waals surface area contributed by atoms with Crippen molar-refractivity contribution in [2.45, 2.75) is 20.4 Å². The number of nitrogen functional groups attached to an aromatic ring is 1. The van der Waals surface area contributed by atoms with Crippen molar-refractivity contribution in [3.63, 3.8) is 0 Å². The van der Waals surface area contributed by atoms with Gasteiger partial charge in [0.15, 0.2) is 0 Å². The molecular formula is C14H18N2OS. The lowest BCUT2D eigenvalue weighted by molar-refractivity contribution is 0.342. The minimum absolute atomic E-state index is 0.622. The second-order valence-corrected chi connectivity index (χ2v) is 4.86. The molecule has 0 aliphatic heterocycles. The van der Waals surface area contributed by atoms with E-state index in [0.29, 0.717) is 12.3 Å². The number of hydrogen-bond donors (Lipinski definition) is 2. The van der Waals surface area contributed by atoms with E-state index in [4.69, 9.17) is 10.5 Å². The SMILES string of the molecule is CCOc1cc(NCc2cscc2C)ccc1N. The zero-order valence-corrected chi connectivity index (χ0v) is 11.5. The molecule has 0 aliphatic carbocycles. The van der Waals surface area contributed by atoms with Crippen molar-refractivity contribution in [2.75, 3.05) is 17.7 Å². The molecule has 1 aromatic carbocycles. The fourth-order valence-electron chi connectivity index (χ4n) is 1.69. The van der Waals surface area contributed by atoms with Gasteiger partial charge in [-0.25, -0.2) is 0 Å². The van der Waals surface area contributed by atoms with Crippen molar-refractivity contribution in [3.05, 3.63) is 40.1 Å². The molecule has 0 unspecified atom stereocenters. The summed E-state index contributed by atoms with van der Waals surface area (Å²) in [5.41, 5.74) is 10.2. The molecule has 0 atom stereocenters. The molecule has 0 radical (unpaired) electrons. The van der Waals surface area contributed by atoms with E-state index in [-0.39, 0.29) is 0 Å². The van der Waals surface area contributed by atoms with Crippen LogP contribution in [0.5, 0.6) is 5.75 Å². The Bertz CT molecular complexity index is 522. The Kier molecular flexibility index (Phi) is 4.10. The summed E-state index contributed by atoms with van der Waals surface area (Å²) in [5.74, 6) is 0.740. The maximum Gasteiger partial charge on any atom is 0.144 e. The van der Waals surface area contributed by atoms with E-state index in [1.54, 1.807) is 11.3 Å². The summed E-state index contributed by atoms with van der Waals surface area (Å²) < 4.78 is 5.48. The zero-order chi connectivity index (χ0) is 13.0. The fourth-order valence-corrected chi connectivity index (χ4v) is 2.55. The van der Waals surface area contributed by atoms with Crippen LogP contribution in [0.3, 0.4) is 0 Å². The van der Waals surface area contributed by atoms with Gasteiger partial charge in [-0.15, -0.1) is 0 Å². The van der Waals surface area contributed by atoms with Gasteiger partial charge in [0.05, 0.1) is 12.3 Å². The largest absolute Gasteiger partial charge is 0.492 e. The van der Waals surface area contributed by atoms with E-state index in [1.807, 2.05) is 25.1 Å². The lowest BCUT2D eigenvalue weighted by Crippen LogP contribution is -2.02. The van der Waals surface area contributed by atoms with Gasteiger partial charge in [-0.2, -0.15) is 11.3 Å². The van der Waals surface area contributed by atoms with E-state index in [9.17, 15) is 0 Å². The highest BCUT2D eigenvalue weighted by atomic mass is 32.1. The number of aryl methyl sites for hydroxylation is 1. The number of hydrogen-bond acceptors (Lipinski definition) is 4. The standard InChI is InChI=1S/C14H18N2OS/c1-3-17-14-6-12(4-5-13(14)15)16-7-11-9-18-8-10(11)2/h4-6,8-9,16H,3,7,15H2,1-2H3. The Labute approximate surface area is 112 Å². The van der Waals surface area contributed by atoms with Gasteiger partial charge >= 0.3 is 0 Å². The third-order valence-electron chi connectivity index (χ3n) is 2.76. The van der Waals surface area contributed by atoms with Gasteiger partial charge in [-0.3, -0.25) is 0 Å². The number of rotatable bonds is 5. The normalized spacial score (nSPS) is 10.3. The molecule has 0 spiro atoms. The molecule has 0 fully saturated rings. The molecule has 0 saturated carbocycles. The molecule has 2 rings (SSSR count). The van der Waals surface area contributed by atoms with Crippen LogP contribution in [0.4, 0.5) is 11.4 Å². The molecule has 0 aliphatic rings. The lowest BCUT2D eigenvalue weighted by Gasteiger charge is -2.11. The number of nitrogens with one attached hydrogen (secondary N) is 1. The molecule has 0 saturated heterocycles. The molecular weight excluding hydrogens is 244 g/mol. The average Bonchev–Trinajstić information content (AvgIpc) is 2.76. The topological polar surface area (TPSA) is 47.3 Å². The van der Waals surface area contributed by atoms with Crippen LogP contribution >= 0.6 is 11.3 Å². The Morgan fingerprint density at radius 3 is 2.83 bits per heavy atom. The van der Waals surface area contributed by atoms with Gasteiger partial charge in [0.2, 0.25) is 0 Å². The molecule has 0 bridgehead atoms. The zero-order valence-electron chi connectivity index (χ0n) is 10.7. The third-order valence-corrected chi connectivity index (χ3v) is 3.67. The maximum absolute atomic E-state index is 5.84. The first-order valence-electron chi connectivity index (χ1n) is 5.98. The van der Waals surface area contributed by atoms with Crippen molar-refractivity contribution < 1.29 is 4.74 Å². The Hall–Kier alpha value is -1.68.